The van der Waals surface area contributed by atoms with Gasteiger partial charge in [0.05, 0.1) is 0 Å². The molecule has 21 heavy (non-hydrogen) atoms. The summed E-state index contributed by atoms with van der Waals surface area (Å²) in [4.78, 5) is 59.5. The maximum Gasteiger partial charge on any atom is 0.334 e. The number of rotatable bonds is 4. The monoisotopic (exact) mass is 296 g/mol. The largest absolute Gasteiger partial charge is 0.335 e. The quantitative estimate of drug-likeness (QED) is 0.519. The second-order valence-corrected chi connectivity index (χ2v) is 5.24. The molecule has 0 bridgehead atoms. The second kappa shape index (κ2) is 5.51. The van der Waals surface area contributed by atoms with Crippen molar-refractivity contribution in [1.29, 1.82) is 0 Å². The van der Waals surface area contributed by atoms with E-state index in [1.165, 1.54) is 0 Å². The van der Waals surface area contributed by atoms with Crippen LogP contribution in [0.4, 0.5) is 9.59 Å². The van der Waals surface area contributed by atoms with Crippen LogP contribution in [-0.4, -0.2) is 58.2 Å². The molecule has 1 aliphatic carbocycles. The molecule has 2 N–H and O–H groups in total. The van der Waals surface area contributed by atoms with Crippen LogP contribution in [-0.2, 0) is 14.4 Å². The first kappa shape index (κ1) is 14.9. The topological polar surface area (TPSA) is 116 Å². The Bertz CT molecular complexity index is 526. The molecule has 9 nitrogen and oxygen atoms in total. The Morgan fingerprint density at radius 3 is 2.29 bits per heavy atom. The molecule has 2 aliphatic rings. The van der Waals surface area contributed by atoms with Gasteiger partial charge in [-0.2, -0.15) is 0 Å². The Morgan fingerprint density at radius 2 is 1.81 bits per heavy atom. The molecular weight excluding hydrogens is 280 g/mol. The number of nitrogens with one attached hydrogen (secondary N) is 2. The zero-order chi connectivity index (χ0) is 15.7. The summed E-state index contributed by atoms with van der Waals surface area (Å²) in [5.74, 6) is -2.86. The molecule has 114 valence electrons. The van der Waals surface area contributed by atoms with Crippen molar-refractivity contribution < 1.29 is 24.0 Å². The van der Waals surface area contributed by atoms with Crippen LogP contribution < -0.4 is 10.6 Å². The van der Waals surface area contributed by atoms with Crippen molar-refractivity contribution in [1.82, 2.24) is 20.4 Å². The fourth-order valence-corrected chi connectivity index (χ4v) is 1.88. The van der Waals surface area contributed by atoms with Gasteiger partial charge in [-0.15, -0.1) is 0 Å². The number of imide groups is 3. The van der Waals surface area contributed by atoms with E-state index in [9.17, 15) is 24.0 Å². The average molecular weight is 296 g/mol. The van der Waals surface area contributed by atoms with Gasteiger partial charge in [-0.25, -0.2) is 14.5 Å². The number of carbonyl (C=O) groups is 5. The number of nitrogens with zero attached hydrogens (tertiary/aromatic N) is 2. The molecule has 2 fully saturated rings. The predicted molar refractivity (Wildman–Crippen MR) is 68.8 cm³/mol. The third-order valence-electron chi connectivity index (χ3n) is 3.07. The van der Waals surface area contributed by atoms with Crippen molar-refractivity contribution in [3.8, 4) is 0 Å². The van der Waals surface area contributed by atoms with Crippen LogP contribution in [0.2, 0.25) is 0 Å². The lowest BCUT2D eigenvalue weighted by atomic mass is 10.3. The van der Waals surface area contributed by atoms with Crippen molar-refractivity contribution >= 4 is 29.8 Å². The first-order valence-electron chi connectivity index (χ1n) is 6.60. The molecule has 1 saturated heterocycles. The van der Waals surface area contributed by atoms with Crippen LogP contribution in [0.25, 0.3) is 0 Å². The molecule has 2 rings (SSSR count). The number of amides is 7. The summed E-state index contributed by atoms with van der Waals surface area (Å²) < 4.78 is 0. The summed E-state index contributed by atoms with van der Waals surface area (Å²) in [5.41, 5.74) is 0. The normalized spacial score (nSPS) is 18.5. The standard InChI is InChI=1S/C12H16N4O5/c1-6(2)16-10(19)9(18)15(12(16)21)5-8(17)14-11(20)13-7-3-4-7/h6-7H,3-5H2,1-2H3,(H2,13,14,17,20). The lowest BCUT2D eigenvalue weighted by Gasteiger charge is -2.18. The van der Waals surface area contributed by atoms with Gasteiger partial charge in [0.2, 0.25) is 5.91 Å². The SMILES string of the molecule is CC(C)N1C(=O)C(=O)N(CC(=O)NC(=O)NC2CC2)C1=O. The van der Waals surface area contributed by atoms with Gasteiger partial charge >= 0.3 is 23.9 Å². The summed E-state index contributed by atoms with van der Waals surface area (Å²) in [6, 6.07) is -1.93. The molecule has 0 atom stereocenters. The highest BCUT2D eigenvalue weighted by atomic mass is 16.2. The Hall–Kier alpha value is -2.45. The minimum Gasteiger partial charge on any atom is -0.335 e. The molecule has 1 saturated carbocycles. The van der Waals surface area contributed by atoms with Crippen molar-refractivity contribution in [3.63, 3.8) is 0 Å². The van der Waals surface area contributed by atoms with E-state index in [1.54, 1.807) is 13.8 Å². The molecule has 0 aromatic rings. The van der Waals surface area contributed by atoms with Crippen LogP contribution in [0, 0.1) is 0 Å². The molecule has 0 spiro atoms. The van der Waals surface area contributed by atoms with Crippen molar-refractivity contribution in [2.75, 3.05) is 6.54 Å². The van der Waals surface area contributed by atoms with E-state index in [-0.39, 0.29) is 6.04 Å². The Morgan fingerprint density at radius 1 is 1.19 bits per heavy atom. The van der Waals surface area contributed by atoms with E-state index in [0.717, 1.165) is 17.7 Å². The van der Waals surface area contributed by atoms with Gasteiger partial charge in [-0.3, -0.25) is 24.6 Å². The van der Waals surface area contributed by atoms with Crippen LogP contribution >= 0.6 is 0 Å². The summed E-state index contributed by atoms with van der Waals surface area (Å²) in [7, 11) is 0. The van der Waals surface area contributed by atoms with Gasteiger partial charge in [0.15, 0.2) is 0 Å². The summed E-state index contributed by atoms with van der Waals surface area (Å²) in [6.45, 7) is 2.50. The molecule has 0 unspecified atom stereocenters. The maximum absolute atomic E-state index is 11.9. The molecule has 9 heteroatoms. The number of hydrogen-bond acceptors (Lipinski definition) is 5. The van der Waals surface area contributed by atoms with Gasteiger partial charge in [-0.1, -0.05) is 0 Å². The third-order valence-corrected chi connectivity index (χ3v) is 3.07. The smallest absolute Gasteiger partial charge is 0.334 e. The number of carbonyl (C=O) groups excluding carboxylic acids is 5. The van der Waals surface area contributed by atoms with Gasteiger partial charge in [0.1, 0.15) is 6.54 Å². The Kier molecular flexibility index (Phi) is 3.92. The van der Waals surface area contributed by atoms with Crippen LogP contribution in [0.15, 0.2) is 0 Å². The molecule has 1 heterocycles. The zero-order valence-corrected chi connectivity index (χ0v) is 11.7. The summed E-state index contributed by atoms with van der Waals surface area (Å²) in [5, 5.41) is 4.54. The van der Waals surface area contributed by atoms with E-state index >= 15 is 0 Å². The van der Waals surface area contributed by atoms with Gasteiger partial charge in [0.25, 0.3) is 0 Å². The number of hydrogen-bond donors (Lipinski definition) is 2. The first-order chi connectivity index (χ1) is 9.81. The van der Waals surface area contributed by atoms with Crippen molar-refractivity contribution in [2.24, 2.45) is 0 Å². The average Bonchev–Trinajstić information content (AvgIpc) is 3.14. The predicted octanol–water partition coefficient (Wildman–Crippen LogP) is -0.826. The highest BCUT2D eigenvalue weighted by Gasteiger charge is 2.46. The fourth-order valence-electron chi connectivity index (χ4n) is 1.88. The van der Waals surface area contributed by atoms with Gasteiger partial charge < -0.3 is 5.32 Å². The highest BCUT2D eigenvalue weighted by molar-refractivity contribution is 6.45. The van der Waals surface area contributed by atoms with Crippen LogP contribution in [0.5, 0.6) is 0 Å². The van der Waals surface area contributed by atoms with Crippen LogP contribution in [0.3, 0.4) is 0 Å². The van der Waals surface area contributed by atoms with Gasteiger partial charge in [0, 0.05) is 12.1 Å². The van der Waals surface area contributed by atoms with E-state index in [2.05, 4.69) is 5.32 Å². The summed E-state index contributed by atoms with van der Waals surface area (Å²) in [6.07, 6.45) is 1.73. The third kappa shape index (κ3) is 3.18. The summed E-state index contributed by atoms with van der Waals surface area (Å²) >= 11 is 0. The van der Waals surface area contributed by atoms with Crippen molar-refractivity contribution in [3.05, 3.63) is 0 Å². The lowest BCUT2D eigenvalue weighted by molar-refractivity contribution is -0.144. The van der Waals surface area contributed by atoms with Gasteiger partial charge in [-0.05, 0) is 26.7 Å². The van der Waals surface area contributed by atoms with Crippen molar-refractivity contribution in [2.45, 2.75) is 38.8 Å². The Balaban J connectivity index is 1.93. The minimum atomic E-state index is -1.06. The maximum atomic E-state index is 11.9. The molecule has 0 aromatic heterocycles. The lowest BCUT2D eigenvalue weighted by Crippen LogP contribution is -2.47. The molecule has 0 radical (unpaired) electrons. The van der Waals surface area contributed by atoms with E-state index in [4.69, 9.17) is 0 Å². The second-order valence-electron chi connectivity index (χ2n) is 5.24. The van der Waals surface area contributed by atoms with E-state index in [1.807, 2.05) is 5.32 Å². The first-order valence-corrected chi connectivity index (χ1v) is 6.60. The minimum absolute atomic E-state index is 0.0749. The zero-order valence-electron chi connectivity index (χ0n) is 11.7. The molecule has 7 amide bonds. The molecular formula is C12H16N4O5. The molecule has 1 aliphatic heterocycles. The van der Waals surface area contributed by atoms with Crippen LogP contribution in [0.1, 0.15) is 26.7 Å². The van der Waals surface area contributed by atoms with E-state index in [0.29, 0.717) is 4.90 Å². The molecule has 0 aromatic carbocycles. The Labute approximate surface area is 120 Å². The van der Waals surface area contributed by atoms with E-state index < -0.39 is 42.4 Å². The number of urea groups is 2. The highest BCUT2D eigenvalue weighted by Crippen LogP contribution is 2.18. The fraction of sp³-hybridized carbons (Fsp3) is 0.583.